The number of hydrogen-bond donors (Lipinski definition) is 2. The van der Waals surface area contributed by atoms with Crippen molar-refractivity contribution in [3.63, 3.8) is 0 Å². The number of nitrogens with zero attached hydrogens (tertiary/aromatic N) is 1. The van der Waals surface area contributed by atoms with Crippen LogP contribution < -0.4 is 11.2 Å². The first-order chi connectivity index (χ1) is 7.61. The molecule has 0 aliphatic carbocycles. The summed E-state index contributed by atoms with van der Waals surface area (Å²) in [4.78, 5) is 24.6. The predicted octanol–water partition coefficient (Wildman–Crippen LogP) is -0.627. The van der Waals surface area contributed by atoms with Crippen molar-refractivity contribution < 1.29 is 9.84 Å². The SMILES string of the molecule is CC1=C[C@@H](CO)O[C@H]1n1ccc(=O)[nH]c1=O. The van der Waals surface area contributed by atoms with Crippen molar-refractivity contribution >= 4 is 0 Å². The van der Waals surface area contributed by atoms with Crippen LogP contribution in [0.3, 0.4) is 0 Å². The Labute approximate surface area is 90.8 Å². The van der Waals surface area contributed by atoms with Gasteiger partial charge in [-0.05, 0) is 12.5 Å². The fraction of sp³-hybridized carbons (Fsp3) is 0.400. The molecule has 6 heteroatoms. The Hall–Kier alpha value is -1.66. The third-order valence-electron chi connectivity index (χ3n) is 2.43. The van der Waals surface area contributed by atoms with Crippen molar-refractivity contribution in [1.29, 1.82) is 0 Å². The van der Waals surface area contributed by atoms with E-state index in [2.05, 4.69) is 4.98 Å². The first-order valence-electron chi connectivity index (χ1n) is 4.88. The fourth-order valence-corrected chi connectivity index (χ4v) is 1.68. The average molecular weight is 224 g/mol. The van der Waals surface area contributed by atoms with Gasteiger partial charge in [-0.15, -0.1) is 0 Å². The summed E-state index contributed by atoms with van der Waals surface area (Å²) < 4.78 is 6.71. The summed E-state index contributed by atoms with van der Waals surface area (Å²) in [5.41, 5.74) is -0.142. The Balaban J connectivity index is 2.37. The van der Waals surface area contributed by atoms with Gasteiger partial charge in [0.1, 0.15) is 6.10 Å². The van der Waals surface area contributed by atoms with E-state index in [1.165, 1.54) is 16.8 Å². The number of rotatable bonds is 2. The van der Waals surface area contributed by atoms with Gasteiger partial charge in [0.05, 0.1) is 6.61 Å². The van der Waals surface area contributed by atoms with Crippen molar-refractivity contribution in [2.45, 2.75) is 19.3 Å². The number of ether oxygens (including phenoxy) is 1. The topological polar surface area (TPSA) is 84.3 Å². The smallest absolute Gasteiger partial charge is 0.330 e. The molecule has 0 saturated heterocycles. The van der Waals surface area contributed by atoms with Gasteiger partial charge in [-0.1, -0.05) is 6.08 Å². The second-order valence-electron chi connectivity index (χ2n) is 3.64. The lowest BCUT2D eigenvalue weighted by Gasteiger charge is -2.16. The molecule has 0 fully saturated rings. The van der Waals surface area contributed by atoms with E-state index in [1.807, 2.05) is 0 Å². The molecular weight excluding hydrogens is 212 g/mol. The van der Waals surface area contributed by atoms with Crippen LogP contribution in [0.25, 0.3) is 0 Å². The highest BCUT2D eigenvalue weighted by Crippen LogP contribution is 2.26. The van der Waals surface area contributed by atoms with Crippen LogP contribution in [0.4, 0.5) is 0 Å². The quantitative estimate of drug-likeness (QED) is 0.655. The minimum Gasteiger partial charge on any atom is -0.393 e. The highest BCUT2D eigenvalue weighted by atomic mass is 16.5. The molecular formula is C10H12N2O4. The Morgan fingerprint density at radius 3 is 2.88 bits per heavy atom. The lowest BCUT2D eigenvalue weighted by molar-refractivity contribution is -0.0144. The van der Waals surface area contributed by atoms with E-state index in [9.17, 15) is 9.59 Å². The summed E-state index contributed by atoms with van der Waals surface area (Å²) in [5.74, 6) is 0. The number of nitrogens with one attached hydrogen (secondary N) is 1. The Morgan fingerprint density at radius 1 is 1.56 bits per heavy atom. The molecule has 6 nitrogen and oxygen atoms in total. The average Bonchev–Trinajstić information content (AvgIpc) is 2.60. The molecule has 2 N–H and O–H groups in total. The molecule has 16 heavy (non-hydrogen) atoms. The number of aromatic nitrogens is 2. The summed E-state index contributed by atoms with van der Waals surface area (Å²) in [6.45, 7) is 1.67. The number of H-pyrrole nitrogens is 1. The van der Waals surface area contributed by atoms with Gasteiger partial charge in [-0.25, -0.2) is 4.79 Å². The molecule has 1 aromatic rings. The van der Waals surface area contributed by atoms with E-state index >= 15 is 0 Å². The maximum Gasteiger partial charge on any atom is 0.330 e. The van der Waals surface area contributed by atoms with E-state index < -0.39 is 23.6 Å². The zero-order valence-electron chi connectivity index (χ0n) is 8.71. The molecule has 0 spiro atoms. The molecule has 1 aliphatic heterocycles. The highest BCUT2D eigenvalue weighted by Gasteiger charge is 2.25. The lowest BCUT2D eigenvalue weighted by Crippen LogP contribution is -2.32. The summed E-state index contributed by atoms with van der Waals surface area (Å²) in [6.07, 6.45) is 2.18. The number of hydrogen-bond acceptors (Lipinski definition) is 4. The second kappa shape index (κ2) is 4.07. The van der Waals surface area contributed by atoms with Gasteiger partial charge >= 0.3 is 5.69 Å². The summed E-state index contributed by atoms with van der Waals surface area (Å²) >= 11 is 0. The predicted molar refractivity (Wildman–Crippen MR) is 56.1 cm³/mol. The second-order valence-corrected chi connectivity index (χ2v) is 3.64. The van der Waals surface area contributed by atoms with E-state index in [0.717, 1.165) is 5.57 Å². The molecule has 0 aromatic carbocycles. The molecule has 86 valence electrons. The zero-order chi connectivity index (χ0) is 11.7. The molecule has 0 bridgehead atoms. The van der Waals surface area contributed by atoms with Crippen LogP contribution >= 0.6 is 0 Å². The number of aliphatic hydroxyl groups excluding tert-OH is 1. The fourth-order valence-electron chi connectivity index (χ4n) is 1.68. The Bertz CT molecular complexity index is 528. The maximum atomic E-state index is 11.5. The van der Waals surface area contributed by atoms with Crippen molar-refractivity contribution in [3.8, 4) is 0 Å². The third kappa shape index (κ3) is 1.84. The van der Waals surface area contributed by atoms with Crippen molar-refractivity contribution in [2.24, 2.45) is 0 Å². The summed E-state index contributed by atoms with van der Waals surface area (Å²) in [5, 5.41) is 8.95. The standard InChI is InChI=1S/C10H12N2O4/c1-6-4-7(5-13)16-9(6)12-3-2-8(14)11-10(12)15/h2-4,7,9,13H,5H2,1H3,(H,11,14,15)/t7-,9+/m0/s1. The summed E-state index contributed by atoms with van der Waals surface area (Å²) in [7, 11) is 0. The summed E-state index contributed by atoms with van der Waals surface area (Å²) in [6, 6.07) is 1.25. The van der Waals surface area contributed by atoms with Crippen molar-refractivity contribution in [1.82, 2.24) is 9.55 Å². The van der Waals surface area contributed by atoms with E-state index in [0.29, 0.717) is 0 Å². The number of aliphatic hydroxyl groups is 1. The van der Waals surface area contributed by atoms with Crippen LogP contribution in [0.2, 0.25) is 0 Å². The van der Waals surface area contributed by atoms with Crippen LogP contribution in [0.5, 0.6) is 0 Å². The first kappa shape index (κ1) is 10.8. The van der Waals surface area contributed by atoms with Crippen LogP contribution in [0, 0.1) is 0 Å². The zero-order valence-corrected chi connectivity index (χ0v) is 8.71. The third-order valence-corrected chi connectivity index (χ3v) is 2.43. The molecule has 1 aromatic heterocycles. The maximum absolute atomic E-state index is 11.5. The molecule has 0 amide bonds. The normalized spacial score (nSPS) is 24.5. The molecule has 0 radical (unpaired) electrons. The van der Waals surface area contributed by atoms with Crippen LogP contribution in [0.15, 0.2) is 33.5 Å². The van der Waals surface area contributed by atoms with Crippen molar-refractivity contribution in [3.05, 3.63) is 44.8 Å². The Kier molecular flexibility index (Phi) is 2.76. The van der Waals surface area contributed by atoms with E-state index in [1.54, 1.807) is 13.0 Å². The van der Waals surface area contributed by atoms with Crippen LogP contribution in [-0.2, 0) is 4.74 Å². The molecule has 0 saturated carbocycles. The van der Waals surface area contributed by atoms with Gasteiger partial charge in [0.25, 0.3) is 5.56 Å². The first-order valence-corrected chi connectivity index (χ1v) is 4.88. The van der Waals surface area contributed by atoms with Gasteiger partial charge in [-0.2, -0.15) is 0 Å². The van der Waals surface area contributed by atoms with Gasteiger partial charge in [0.2, 0.25) is 0 Å². The van der Waals surface area contributed by atoms with Crippen LogP contribution in [-0.4, -0.2) is 27.4 Å². The molecule has 1 aliphatic rings. The van der Waals surface area contributed by atoms with Gasteiger partial charge in [0, 0.05) is 12.3 Å². The molecule has 2 atom stereocenters. The van der Waals surface area contributed by atoms with Gasteiger partial charge < -0.3 is 9.84 Å². The Morgan fingerprint density at radius 2 is 2.31 bits per heavy atom. The van der Waals surface area contributed by atoms with E-state index in [-0.39, 0.29) is 6.61 Å². The van der Waals surface area contributed by atoms with Gasteiger partial charge in [0.15, 0.2) is 6.23 Å². The van der Waals surface area contributed by atoms with Crippen LogP contribution in [0.1, 0.15) is 13.2 Å². The minimum atomic E-state index is -0.554. The molecule has 0 unspecified atom stereocenters. The van der Waals surface area contributed by atoms with Gasteiger partial charge in [-0.3, -0.25) is 14.3 Å². The monoisotopic (exact) mass is 224 g/mol. The number of aromatic amines is 1. The minimum absolute atomic E-state index is 0.133. The lowest BCUT2D eigenvalue weighted by atomic mass is 10.2. The molecule has 2 heterocycles. The molecule has 2 rings (SSSR count). The van der Waals surface area contributed by atoms with E-state index in [4.69, 9.17) is 9.84 Å². The van der Waals surface area contributed by atoms with Crippen molar-refractivity contribution in [2.75, 3.05) is 6.61 Å². The highest BCUT2D eigenvalue weighted by molar-refractivity contribution is 5.12. The largest absolute Gasteiger partial charge is 0.393 e.